The van der Waals surface area contributed by atoms with Crippen molar-refractivity contribution in [2.75, 3.05) is 6.61 Å². The molecule has 0 bridgehead atoms. The summed E-state index contributed by atoms with van der Waals surface area (Å²) in [7, 11) is -3.92. The lowest BCUT2D eigenvalue weighted by Crippen LogP contribution is -2.31. The zero-order valence-corrected chi connectivity index (χ0v) is 20.7. The first-order valence-corrected chi connectivity index (χ1v) is 12.7. The lowest BCUT2D eigenvalue weighted by molar-refractivity contribution is 0.129. The predicted octanol–water partition coefficient (Wildman–Crippen LogP) is 4.91. The molecule has 0 radical (unpaired) electrons. The van der Waals surface area contributed by atoms with Gasteiger partial charge in [0, 0.05) is 21.6 Å². The number of fused-ring (bicyclic) bond motifs is 1. The molecule has 9 heteroatoms. The smallest absolute Gasteiger partial charge is 0.408 e. The van der Waals surface area contributed by atoms with Gasteiger partial charge in [-0.1, -0.05) is 70.0 Å². The molecule has 1 atom stereocenters. The van der Waals surface area contributed by atoms with E-state index < -0.39 is 28.8 Å². The first-order chi connectivity index (χ1) is 16.3. The Hall–Kier alpha value is -3.14. The van der Waals surface area contributed by atoms with E-state index in [1.807, 2.05) is 37.3 Å². The molecule has 4 aromatic rings. The number of aliphatic hydroxyl groups excluding tert-OH is 1. The van der Waals surface area contributed by atoms with Gasteiger partial charge in [-0.2, -0.15) is 0 Å². The second kappa shape index (κ2) is 10.0. The van der Waals surface area contributed by atoms with Crippen molar-refractivity contribution in [3.63, 3.8) is 0 Å². The van der Waals surface area contributed by atoms with Crippen LogP contribution in [0.25, 0.3) is 10.9 Å². The molecular formula is C25H23BrN2O5S. The third-order valence-electron chi connectivity index (χ3n) is 5.41. The van der Waals surface area contributed by atoms with Gasteiger partial charge in [0.2, 0.25) is 0 Å². The van der Waals surface area contributed by atoms with Gasteiger partial charge in [-0.05, 0) is 36.8 Å². The molecule has 34 heavy (non-hydrogen) atoms. The minimum Gasteiger partial charge on any atom is -0.445 e. The van der Waals surface area contributed by atoms with Crippen LogP contribution in [0, 0.1) is 6.92 Å². The third kappa shape index (κ3) is 5.01. The lowest BCUT2D eigenvalue weighted by Gasteiger charge is -2.16. The molecule has 0 aliphatic carbocycles. The summed E-state index contributed by atoms with van der Waals surface area (Å²) in [4.78, 5) is 12.6. The molecule has 0 aliphatic heterocycles. The van der Waals surface area contributed by atoms with Crippen LogP contribution in [0.5, 0.6) is 0 Å². The number of aliphatic hydroxyl groups is 1. The summed E-state index contributed by atoms with van der Waals surface area (Å²) in [5.74, 6) is 0. The highest BCUT2D eigenvalue weighted by Gasteiger charge is 2.26. The number of nitrogens with zero attached hydrogens (tertiary/aromatic N) is 1. The maximum absolute atomic E-state index is 13.4. The molecule has 0 spiro atoms. The van der Waals surface area contributed by atoms with Crippen LogP contribution in [0.3, 0.4) is 0 Å². The van der Waals surface area contributed by atoms with E-state index in [-0.39, 0.29) is 11.5 Å². The number of hydrogen-bond acceptors (Lipinski definition) is 5. The number of hydrogen-bond donors (Lipinski definition) is 2. The molecule has 0 fully saturated rings. The quantitative estimate of drug-likeness (QED) is 0.345. The van der Waals surface area contributed by atoms with Crippen LogP contribution in [-0.4, -0.2) is 30.2 Å². The van der Waals surface area contributed by atoms with Crippen molar-refractivity contribution in [3.05, 3.63) is 100 Å². The van der Waals surface area contributed by atoms with Crippen molar-refractivity contribution < 1.29 is 23.1 Å². The maximum Gasteiger partial charge on any atom is 0.408 e. The molecule has 0 saturated heterocycles. The van der Waals surface area contributed by atoms with Gasteiger partial charge in [0.05, 0.1) is 23.1 Å². The Morgan fingerprint density at radius 2 is 1.79 bits per heavy atom. The fraction of sp³-hybridized carbons (Fsp3) is 0.160. The number of aryl methyl sites for hydroxylation is 1. The predicted molar refractivity (Wildman–Crippen MR) is 133 cm³/mol. The Morgan fingerprint density at radius 3 is 2.47 bits per heavy atom. The van der Waals surface area contributed by atoms with E-state index in [1.54, 1.807) is 42.5 Å². The van der Waals surface area contributed by atoms with Crippen LogP contribution in [-0.2, 0) is 21.4 Å². The number of benzene rings is 3. The van der Waals surface area contributed by atoms with Gasteiger partial charge >= 0.3 is 6.09 Å². The van der Waals surface area contributed by atoms with Crippen molar-refractivity contribution >= 4 is 42.9 Å². The van der Waals surface area contributed by atoms with Gasteiger partial charge in [-0.15, -0.1) is 0 Å². The van der Waals surface area contributed by atoms with Gasteiger partial charge in [-0.3, -0.25) is 0 Å². The highest BCUT2D eigenvalue weighted by molar-refractivity contribution is 9.10. The summed E-state index contributed by atoms with van der Waals surface area (Å²) < 4.78 is 34.0. The number of carbonyl (C=O) groups is 1. The highest BCUT2D eigenvalue weighted by Crippen LogP contribution is 2.32. The first kappa shape index (κ1) is 24.0. The van der Waals surface area contributed by atoms with Crippen molar-refractivity contribution in [2.45, 2.75) is 24.5 Å². The molecule has 0 aliphatic rings. The fourth-order valence-corrected chi connectivity index (χ4v) is 5.34. The van der Waals surface area contributed by atoms with Crippen molar-refractivity contribution in [1.82, 2.24) is 9.29 Å². The van der Waals surface area contributed by atoms with Crippen molar-refractivity contribution in [1.29, 1.82) is 0 Å². The first-order valence-electron chi connectivity index (χ1n) is 10.5. The minimum atomic E-state index is -3.92. The Balaban J connectivity index is 1.68. The Morgan fingerprint density at radius 1 is 1.09 bits per heavy atom. The number of alkyl carbamates (subject to hydrolysis) is 1. The van der Waals surface area contributed by atoms with E-state index in [1.165, 1.54) is 10.2 Å². The van der Waals surface area contributed by atoms with Gasteiger partial charge in [0.1, 0.15) is 6.61 Å². The van der Waals surface area contributed by atoms with Crippen LogP contribution >= 0.6 is 15.9 Å². The van der Waals surface area contributed by atoms with Gasteiger partial charge < -0.3 is 15.2 Å². The van der Waals surface area contributed by atoms with Crippen molar-refractivity contribution in [2.24, 2.45) is 0 Å². The standard InChI is InChI=1S/C25H23BrN2O5S/c1-17-7-10-20(11-8-17)34(31,32)28-14-22(21-12-9-19(26)13-24(21)28)23(15-29)27-25(30)33-16-18-5-3-2-4-6-18/h2-14,23,29H,15-16H2,1H3,(H,27,30)/t23-/m1/s1. The zero-order chi connectivity index (χ0) is 24.3. The van der Waals surface area contributed by atoms with Crippen LogP contribution in [0.4, 0.5) is 4.79 Å². The number of rotatable bonds is 7. The van der Waals surface area contributed by atoms with E-state index >= 15 is 0 Å². The molecular weight excluding hydrogens is 520 g/mol. The molecule has 2 N–H and O–H groups in total. The monoisotopic (exact) mass is 542 g/mol. The van der Waals surface area contributed by atoms with Crippen LogP contribution < -0.4 is 5.32 Å². The molecule has 4 rings (SSSR count). The lowest BCUT2D eigenvalue weighted by atomic mass is 10.1. The number of aromatic nitrogens is 1. The average Bonchev–Trinajstić information content (AvgIpc) is 3.21. The van der Waals surface area contributed by atoms with Crippen LogP contribution in [0.1, 0.15) is 22.7 Å². The molecule has 0 saturated carbocycles. The number of halogens is 1. The van der Waals surface area contributed by atoms with Gasteiger partial charge in [0.25, 0.3) is 10.0 Å². The van der Waals surface area contributed by atoms with E-state index in [0.717, 1.165) is 11.1 Å². The van der Waals surface area contributed by atoms with Crippen LogP contribution in [0.15, 0.2) is 88.4 Å². The largest absolute Gasteiger partial charge is 0.445 e. The summed E-state index contributed by atoms with van der Waals surface area (Å²) in [6.45, 7) is 1.51. The van der Waals surface area contributed by atoms with Crippen LogP contribution in [0.2, 0.25) is 0 Å². The molecule has 1 heterocycles. The third-order valence-corrected chi connectivity index (χ3v) is 7.59. The summed E-state index contributed by atoms with van der Waals surface area (Å²) >= 11 is 3.40. The Kier molecular flexibility index (Phi) is 7.06. The second-order valence-electron chi connectivity index (χ2n) is 7.80. The Labute approximate surface area is 206 Å². The SMILES string of the molecule is Cc1ccc(S(=O)(=O)n2cc([C@@H](CO)NC(=O)OCc3ccccc3)c3ccc(Br)cc32)cc1. The topological polar surface area (TPSA) is 97.6 Å². The molecule has 0 unspecified atom stereocenters. The zero-order valence-electron chi connectivity index (χ0n) is 18.3. The molecule has 176 valence electrons. The highest BCUT2D eigenvalue weighted by atomic mass is 79.9. The number of ether oxygens (including phenoxy) is 1. The molecule has 1 aromatic heterocycles. The summed E-state index contributed by atoms with van der Waals surface area (Å²) in [6, 6.07) is 20.1. The maximum atomic E-state index is 13.4. The normalized spacial score (nSPS) is 12.4. The fourth-order valence-electron chi connectivity index (χ4n) is 3.63. The molecule has 7 nitrogen and oxygen atoms in total. The van der Waals surface area contributed by atoms with E-state index in [4.69, 9.17) is 4.74 Å². The second-order valence-corrected chi connectivity index (χ2v) is 10.5. The molecule has 1 amide bonds. The number of nitrogens with one attached hydrogen (secondary N) is 1. The number of amides is 1. The Bertz CT molecular complexity index is 1420. The van der Waals surface area contributed by atoms with Gasteiger partial charge in [-0.25, -0.2) is 17.2 Å². The number of carbonyl (C=O) groups excluding carboxylic acids is 1. The molecule has 3 aromatic carbocycles. The van der Waals surface area contributed by atoms with E-state index in [0.29, 0.717) is 20.9 Å². The minimum absolute atomic E-state index is 0.0708. The summed E-state index contributed by atoms with van der Waals surface area (Å²) in [5, 5.41) is 13.3. The van der Waals surface area contributed by atoms with E-state index in [9.17, 15) is 18.3 Å². The van der Waals surface area contributed by atoms with Gasteiger partial charge in [0.15, 0.2) is 0 Å². The average molecular weight is 543 g/mol. The summed E-state index contributed by atoms with van der Waals surface area (Å²) in [6.07, 6.45) is 0.715. The summed E-state index contributed by atoms with van der Waals surface area (Å²) in [5.41, 5.74) is 2.64. The van der Waals surface area contributed by atoms with E-state index in [2.05, 4.69) is 21.2 Å². The van der Waals surface area contributed by atoms with Crippen molar-refractivity contribution in [3.8, 4) is 0 Å².